The maximum Gasteiger partial charge on any atom is 0.234 e. The second-order valence-corrected chi connectivity index (χ2v) is 9.32. The van der Waals surface area contributed by atoms with E-state index in [1.807, 2.05) is 47.2 Å². The highest BCUT2D eigenvalue weighted by atomic mass is 35.5. The van der Waals surface area contributed by atoms with E-state index >= 15 is 0 Å². The van der Waals surface area contributed by atoms with Crippen molar-refractivity contribution in [1.82, 2.24) is 19.7 Å². The van der Waals surface area contributed by atoms with Crippen molar-refractivity contribution in [2.75, 3.05) is 11.1 Å². The number of hydrogen-bond donors (Lipinski definition) is 2. The van der Waals surface area contributed by atoms with Crippen LogP contribution in [0.25, 0.3) is 28.0 Å². The molecule has 5 aromatic rings. The molecule has 2 N–H and O–H groups in total. The maximum atomic E-state index is 12.7. The molecular formula is C25H16Cl2N6OS. The van der Waals surface area contributed by atoms with Crippen LogP contribution >= 0.6 is 35.0 Å². The number of aromatic nitrogens is 4. The van der Waals surface area contributed by atoms with Gasteiger partial charge in [0.2, 0.25) is 5.91 Å². The number of fused-ring (bicyclic) bond motifs is 1. The number of carbonyl (C=O) groups excluding carboxylic acids is 1. The summed E-state index contributed by atoms with van der Waals surface area (Å²) in [6.07, 6.45) is 1.89. The molecule has 2 aromatic heterocycles. The lowest BCUT2D eigenvalue weighted by molar-refractivity contribution is -0.113. The summed E-state index contributed by atoms with van der Waals surface area (Å²) in [7, 11) is 0. The summed E-state index contributed by atoms with van der Waals surface area (Å²) in [5.74, 6) is 0.388. The third kappa shape index (κ3) is 4.75. The number of thioether (sulfide) groups is 1. The van der Waals surface area contributed by atoms with Crippen molar-refractivity contribution in [3.63, 3.8) is 0 Å². The van der Waals surface area contributed by atoms with Crippen molar-refractivity contribution in [3.8, 4) is 23.1 Å². The van der Waals surface area contributed by atoms with Crippen molar-refractivity contribution in [2.24, 2.45) is 0 Å². The predicted molar refractivity (Wildman–Crippen MR) is 139 cm³/mol. The van der Waals surface area contributed by atoms with Crippen LogP contribution in [0.2, 0.25) is 10.0 Å². The average molecular weight is 519 g/mol. The zero-order chi connectivity index (χ0) is 24.4. The van der Waals surface area contributed by atoms with Crippen LogP contribution in [0.5, 0.6) is 0 Å². The van der Waals surface area contributed by atoms with E-state index in [-0.39, 0.29) is 11.7 Å². The molecule has 0 saturated heterocycles. The first-order valence-electron chi connectivity index (χ1n) is 10.4. The first kappa shape index (κ1) is 23.0. The SMILES string of the molecule is N#Cc1ccc(Cl)cc1NC(=O)CSc1nnc(-c2c[nH]c3ccccc23)n1-c1ccc(Cl)cc1. The molecule has 0 radical (unpaired) electrons. The van der Waals surface area contributed by atoms with Gasteiger partial charge in [0.15, 0.2) is 11.0 Å². The minimum absolute atomic E-state index is 0.0526. The zero-order valence-electron chi connectivity index (χ0n) is 18.0. The number of carbonyl (C=O) groups is 1. The van der Waals surface area contributed by atoms with Crippen molar-refractivity contribution < 1.29 is 4.79 Å². The van der Waals surface area contributed by atoms with Gasteiger partial charge in [-0.2, -0.15) is 5.26 Å². The van der Waals surface area contributed by atoms with Crippen molar-refractivity contribution in [3.05, 3.63) is 88.5 Å². The minimum atomic E-state index is -0.298. The summed E-state index contributed by atoms with van der Waals surface area (Å²) >= 11 is 13.4. The van der Waals surface area contributed by atoms with Crippen LogP contribution in [0.1, 0.15) is 5.56 Å². The monoisotopic (exact) mass is 518 g/mol. The predicted octanol–water partition coefficient (Wildman–Crippen LogP) is 6.32. The Labute approximate surface area is 214 Å². The van der Waals surface area contributed by atoms with E-state index in [1.165, 1.54) is 11.8 Å². The molecule has 0 atom stereocenters. The van der Waals surface area contributed by atoms with Gasteiger partial charge in [-0.15, -0.1) is 10.2 Å². The van der Waals surface area contributed by atoms with Gasteiger partial charge in [0, 0.05) is 38.4 Å². The second kappa shape index (κ2) is 9.84. The summed E-state index contributed by atoms with van der Waals surface area (Å²) in [6, 6.07) is 22.0. The van der Waals surface area contributed by atoms with Gasteiger partial charge >= 0.3 is 0 Å². The van der Waals surface area contributed by atoms with Crippen molar-refractivity contribution in [1.29, 1.82) is 5.26 Å². The molecule has 0 spiro atoms. The third-order valence-corrected chi connectivity index (χ3v) is 6.67. The second-order valence-electron chi connectivity index (χ2n) is 7.50. The number of halogens is 2. The quantitative estimate of drug-likeness (QED) is 0.256. The molecule has 7 nitrogen and oxygen atoms in total. The van der Waals surface area contributed by atoms with Crippen LogP contribution in [-0.2, 0) is 4.79 Å². The maximum absolute atomic E-state index is 12.7. The molecule has 0 fully saturated rings. The Bertz CT molecular complexity index is 1590. The van der Waals surface area contributed by atoms with E-state index in [1.54, 1.807) is 30.3 Å². The lowest BCUT2D eigenvalue weighted by atomic mass is 10.1. The molecule has 5 rings (SSSR count). The highest BCUT2D eigenvalue weighted by molar-refractivity contribution is 7.99. The summed E-state index contributed by atoms with van der Waals surface area (Å²) in [5.41, 5.74) is 3.38. The van der Waals surface area contributed by atoms with Crippen LogP contribution < -0.4 is 5.32 Å². The largest absolute Gasteiger partial charge is 0.360 e. The third-order valence-electron chi connectivity index (χ3n) is 5.26. The number of hydrogen-bond acceptors (Lipinski definition) is 5. The van der Waals surface area contributed by atoms with Gasteiger partial charge in [-0.05, 0) is 48.5 Å². The van der Waals surface area contributed by atoms with E-state index in [0.29, 0.717) is 32.3 Å². The zero-order valence-corrected chi connectivity index (χ0v) is 20.3. The van der Waals surface area contributed by atoms with E-state index in [0.717, 1.165) is 22.2 Å². The Morgan fingerprint density at radius 1 is 1.06 bits per heavy atom. The molecule has 2 heterocycles. The molecule has 1 amide bonds. The van der Waals surface area contributed by atoms with Crippen molar-refractivity contribution >= 4 is 57.5 Å². The van der Waals surface area contributed by atoms with E-state index in [2.05, 4.69) is 26.6 Å². The number of H-pyrrole nitrogens is 1. The lowest BCUT2D eigenvalue weighted by Gasteiger charge is -2.11. The van der Waals surface area contributed by atoms with E-state index < -0.39 is 0 Å². The fraction of sp³-hybridized carbons (Fsp3) is 0.0400. The van der Waals surface area contributed by atoms with Gasteiger partial charge in [0.05, 0.1) is 17.0 Å². The normalized spacial score (nSPS) is 10.9. The average Bonchev–Trinajstić information content (AvgIpc) is 3.47. The lowest BCUT2D eigenvalue weighted by Crippen LogP contribution is -2.15. The standard InChI is InChI=1S/C25H16Cl2N6OS/c26-16-7-9-18(10-8-16)33-24(20-13-29-21-4-2-1-3-19(20)21)31-32-25(33)35-14-23(34)30-22-11-17(27)6-5-15(22)12-28/h1-11,13,29H,14H2,(H,30,34). The number of amides is 1. The highest BCUT2D eigenvalue weighted by Crippen LogP contribution is 2.33. The number of benzene rings is 3. The highest BCUT2D eigenvalue weighted by Gasteiger charge is 2.20. The summed E-state index contributed by atoms with van der Waals surface area (Å²) in [4.78, 5) is 16.0. The van der Waals surface area contributed by atoms with Gasteiger partial charge < -0.3 is 10.3 Å². The minimum Gasteiger partial charge on any atom is -0.360 e. The summed E-state index contributed by atoms with van der Waals surface area (Å²) in [6.45, 7) is 0. The van der Waals surface area contributed by atoms with E-state index in [9.17, 15) is 10.1 Å². The Balaban J connectivity index is 1.47. The Kier molecular flexibility index (Phi) is 6.47. The Hall–Kier alpha value is -3.77. The fourth-order valence-corrected chi connectivity index (χ4v) is 4.70. The summed E-state index contributed by atoms with van der Waals surface area (Å²) in [5, 5.41) is 23.5. The molecule has 0 aliphatic carbocycles. The molecule has 3 aromatic carbocycles. The molecule has 0 bridgehead atoms. The number of nitriles is 1. The number of nitrogens with zero attached hydrogens (tertiary/aromatic N) is 4. The topological polar surface area (TPSA) is 99.4 Å². The number of para-hydroxylation sites is 1. The Morgan fingerprint density at radius 2 is 1.83 bits per heavy atom. The first-order valence-corrected chi connectivity index (χ1v) is 12.2. The number of rotatable bonds is 6. The van der Waals surface area contributed by atoms with Gasteiger partial charge in [-0.25, -0.2) is 0 Å². The van der Waals surface area contributed by atoms with Crippen LogP contribution in [0.15, 0.2) is 78.1 Å². The molecule has 172 valence electrons. The molecule has 35 heavy (non-hydrogen) atoms. The van der Waals surface area contributed by atoms with E-state index in [4.69, 9.17) is 23.2 Å². The molecule has 0 aliphatic rings. The smallest absolute Gasteiger partial charge is 0.234 e. The molecular weight excluding hydrogens is 503 g/mol. The van der Waals surface area contributed by atoms with Crippen molar-refractivity contribution in [2.45, 2.75) is 5.16 Å². The number of anilines is 1. The first-order chi connectivity index (χ1) is 17.0. The molecule has 0 saturated carbocycles. The summed E-state index contributed by atoms with van der Waals surface area (Å²) < 4.78 is 1.89. The number of aromatic amines is 1. The molecule has 10 heteroatoms. The van der Waals surface area contributed by atoms with Crippen LogP contribution in [-0.4, -0.2) is 31.4 Å². The van der Waals surface area contributed by atoms with Crippen LogP contribution in [0.4, 0.5) is 5.69 Å². The van der Waals surface area contributed by atoms with Gasteiger partial charge in [0.25, 0.3) is 0 Å². The molecule has 0 aliphatic heterocycles. The molecule has 0 unspecified atom stereocenters. The fourth-order valence-electron chi connectivity index (χ4n) is 3.65. The van der Waals surface area contributed by atoms with Gasteiger partial charge in [0.1, 0.15) is 6.07 Å². The Morgan fingerprint density at radius 3 is 2.63 bits per heavy atom. The van der Waals surface area contributed by atoms with Gasteiger partial charge in [-0.3, -0.25) is 9.36 Å². The van der Waals surface area contributed by atoms with Crippen LogP contribution in [0, 0.1) is 11.3 Å². The van der Waals surface area contributed by atoms with Gasteiger partial charge in [-0.1, -0.05) is 53.2 Å². The van der Waals surface area contributed by atoms with Crippen LogP contribution in [0.3, 0.4) is 0 Å². The number of nitrogens with one attached hydrogen (secondary N) is 2.